The molecule has 5 nitrogen and oxygen atoms in total. The molecule has 4 rings (SSSR count). The number of benzene rings is 1. The molecule has 1 aliphatic carbocycles. The van der Waals surface area contributed by atoms with E-state index in [-0.39, 0.29) is 5.56 Å². The molecule has 0 spiro atoms. The predicted octanol–water partition coefficient (Wildman–Crippen LogP) is 3.20. The highest BCUT2D eigenvalue weighted by atomic mass is 16.1. The van der Waals surface area contributed by atoms with Crippen molar-refractivity contribution in [1.29, 1.82) is 0 Å². The number of aromatic nitrogens is 3. The number of pyridine rings is 1. The number of nitrogens with one attached hydrogen (secondary N) is 2. The number of nitrogens with zero attached hydrogens (tertiary/aromatic N) is 2. The Labute approximate surface area is 146 Å². The first-order chi connectivity index (χ1) is 12.1. The molecule has 0 radical (unpaired) electrons. The van der Waals surface area contributed by atoms with Crippen LogP contribution in [0.5, 0.6) is 0 Å². The molecule has 126 valence electrons. The van der Waals surface area contributed by atoms with Gasteiger partial charge < -0.3 is 10.3 Å². The number of aryl methyl sites for hydroxylation is 1. The van der Waals surface area contributed by atoms with E-state index >= 15 is 0 Å². The van der Waals surface area contributed by atoms with E-state index in [2.05, 4.69) is 44.5 Å². The van der Waals surface area contributed by atoms with Crippen molar-refractivity contribution in [3.05, 3.63) is 75.3 Å². The van der Waals surface area contributed by atoms with Crippen LogP contribution in [0.4, 0.5) is 5.82 Å². The Morgan fingerprint density at radius 2 is 2.04 bits per heavy atom. The number of hydrogen-bond donors (Lipinski definition) is 2. The highest BCUT2D eigenvalue weighted by Crippen LogP contribution is 2.34. The van der Waals surface area contributed by atoms with E-state index in [4.69, 9.17) is 0 Å². The molecular formula is C20H20N4O. The second kappa shape index (κ2) is 6.16. The fourth-order valence-corrected chi connectivity index (χ4v) is 3.19. The Balaban J connectivity index is 1.45. The minimum Gasteiger partial charge on any atom is -0.369 e. The molecule has 2 aromatic heterocycles. The van der Waals surface area contributed by atoms with E-state index < -0.39 is 0 Å². The number of hydrogen-bond acceptors (Lipinski definition) is 4. The first-order valence-corrected chi connectivity index (χ1v) is 8.47. The maximum atomic E-state index is 11.9. The molecule has 1 unspecified atom stereocenters. The number of aromatic amines is 1. The van der Waals surface area contributed by atoms with Crippen molar-refractivity contribution in [2.24, 2.45) is 0 Å². The van der Waals surface area contributed by atoms with Crippen molar-refractivity contribution in [3.63, 3.8) is 0 Å². The van der Waals surface area contributed by atoms with Crippen LogP contribution >= 0.6 is 0 Å². The summed E-state index contributed by atoms with van der Waals surface area (Å²) in [4.78, 5) is 23.6. The van der Waals surface area contributed by atoms with E-state index in [0.29, 0.717) is 17.3 Å². The molecule has 0 saturated carbocycles. The minimum absolute atomic E-state index is 0.103. The zero-order valence-electron chi connectivity index (χ0n) is 14.3. The van der Waals surface area contributed by atoms with Crippen molar-refractivity contribution in [2.75, 3.05) is 11.9 Å². The summed E-state index contributed by atoms with van der Waals surface area (Å²) in [6.07, 6.45) is 2.86. The normalized spacial score (nSPS) is 15.4. The maximum Gasteiger partial charge on any atom is 0.254 e. The lowest BCUT2D eigenvalue weighted by Crippen LogP contribution is -2.24. The van der Waals surface area contributed by atoms with Crippen LogP contribution in [-0.4, -0.2) is 21.5 Å². The molecule has 25 heavy (non-hydrogen) atoms. The van der Waals surface area contributed by atoms with Crippen LogP contribution < -0.4 is 10.9 Å². The summed E-state index contributed by atoms with van der Waals surface area (Å²) in [5, 5.41) is 3.39. The Hall–Kier alpha value is -2.95. The van der Waals surface area contributed by atoms with Gasteiger partial charge in [0, 0.05) is 35.5 Å². The van der Waals surface area contributed by atoms with Gasteiger partial charge in [-0.3, -0.25) is 4.79 Å². The Kier molecular flexibility index (Phi) is 3.84. The molecule has 2 heterocycles. The first-order valence-electron chi connectivity index (χ1n) is 8.47. The van der Waals surface area contributed by atoms with Crippen LogP contribution in [0.1, 0.15) is 28.3 Å². The van der Waals surface area contributed by atoms with Crippen molar-refractivity contribution < 1.29 is 0 Å². The van der Waals surface area contributed by atoms with Gasteiger partial charge in [0.25, 0.3) is 5.56 Å². The minimum atomic E-state index is -0.103. The van der Waals surface area contributed by atoms with Gasteiger partial charge in [-0.05, 0) is 43.5 Å². The van der Waals surface area contributed by atoms with Gasteiger partial charge in [0.05, 0.1) is 0 Å². The highest BCUT2D eigenvalue weighted by molar-refractivity contribution is 5.56. The maximum absolute atomic E-state index is 11.9. The van der Waals surface area contributed by atoms with Crippen molar-refractivity contribution in [3.8, 4) is 11.4 Å². The van der Waals surface area contributed by atoms with Crippen LogP contribution in [0.3, 0.4) is 0 Å². The third-order valence-electron chi connectivity index (χ3n) is 4.92. The van der Waals surface area contributed by atoms with E-state index in [9.17, 15) is 4.79 Å². The monoisotopic (exact) mass is 332 g/mol. The van der Waals surface area contributed by atoms with Gasteiger partial charge in [-0.2, -0.15) is 0 Å². The van der Waals surface area contributed by atoms with Gasteiger partial charge in [0.15, 0.2) is 0 Å². The lowest BCUT2D eigenvalue weighted by molar-refractivity contribution is 0.634. The summed E-state index contributed by atoms with van der Waals surface area (Å²) in [7, 11) is 0. The lowest BCUT2D eigenvalue weighted by atomic mass is 9.77. The second-order valence-corrected chi connectivity index (χ2v) is 6.54. The third-order valence-corrected chi connectivity index (χ3v) is 4.92. The van der Waals surface area contributed by atoms with E-state index in [1.165, 1.54) is 11.1 Å². The molecular weight excluding hydrogens is 312 g/mol. The molecule has 0 saturated heterocycles. The molecule has 0 aliphatic heterocycles. The summed E-state index contributed by atoms with van der Waals surface area (Å²) in [6.45, 7) is 4.49. The molecule has 0 amide bonds. The summed E-state index contributed by atoms with van der Waals surface area (Å²) >= 11 is 0. The SMILES string of the molecule is Cc1nc(-c2ccc(NCC3Cc4ccccc43)nc2)[nH]c(=O)c1C. The van der Waals surface area contributed by atoms with E-state index in [0.717, 1.165) is 30.0 Å². The van der Waals surface area contributed by atoms with Crippen LogP contribution in [0.15, 0.2) is 47.4 Å². The Bertz CT molecular complexity index is 976. The summed E-state index contributed by atoms with van der Waals surface area (Å²) in [6, 6.07) is 12.4. The Morgan fingerprint density at radius 3 is 2.76 bits per heavy atom. The molecule has 1 aliphatic rings. The summed E-state index contributed by atoms with van der Waals surface area (Å²) < 4.78 is 0. The largest absolute Gasteiger partial charge is 0.369 e. The number of rotatable bonds is 4. The molecule has 1 atom stereocenters. The molecule has 3 aromatic rings. The fraction of sp³-hybridized carbons (Fsp3) is 0.250. The number of fused-ring (bicyclic) bond motifs is 1. The zero-order chi connectivity index (χ0) is 17.4. The first kappa shape index (κ1) is 15.6. The smallest absolute Gasteiger partial charge is 0.254 e. The summed E-state index contributed by atoms with van der Waals surface area (Å²) in [5.41, 5.74) is 4.97. The van der Waals surface area contributed by atoms with Crippen molar-refractivity contribution >= 4 is 5.82 Å². The van der Waals surface area contributed by atoms with Gasteiger partial charge >= 0.3 is 0 Å². The number of H-pyrrole nitrogens is 1. The second-order valence-electron chi connectivity index (χ2n) is 6.54. The van der Waals surface area contributed by atoms with E-state index in [1.54, 1.807) is 13.1 Å². The van der Waals surface area contributed by atoms with Gasteiger partial charge in [-0.25, -0.2) is 9.97 Å². The van der Waals surface area contributed by atoms with Gasteiger partial charge in [-0.1, -0.05) is 24.3 Å². The summed E-state index contributed by atoms with van der Waals surface area (Å²) in [5.74, 6) is 1.94. The van der Waals surface area contributed by atoms with Crippen LogP contribution in [0, 0.1) is 13.8 Å². The van der Waals surface area contributed by atoms with Crippen LogP contribution in [-0.2, 0) is 6.42 Å². The lowest BCUT2D eigenvalue weighted by Gasteiger charge is -2.30. The number of anilines is 1. The standard InChI is InChI=1S/C20H20N4O/c1-12-13(2)23-19(24-20(12)25)15-7-8-18(21-10-15)22-11-16-9-14-5-3-4-6-17(14)16/h3-8,10,16H,9,11H2,1-2H3,(H,21,22)(H,23,24,25). The topological polar surface area (TPSA) is 70.7 Å². The van der Waals surface area contributed by atoms with Crippen molar-refractivity contribution in [1.82, 2.24) is 15.0 Å². The highest BCUT2D eigenvalue weighted by Gasteiger charge is 2.24. The molecule has 1 aromatic carbocycles. The molecule has 2 N–H and O–H groups in total. The van der Waals surface area contributed by atoms with E-state index in [1.807, 2.05) is 19.1 Å². The predicted molar refractivity (Wildman–Crippen MR) is 98.9 cm³/mol. The molecule has 0 fully saturated rings. The average molecular weight is 332 g/mol. The third kappa shape index (κ3) is 2.93. The van der Waals surface area contributed by atoms with Gasteiger partial charge in [-0.15, -0.1) is 0 Å². The van der Waals surface area contributed by atoms with Crippen molar-refractivity contribution in [2.45, 2.75) is 26.2 Å². The average Bonchev–Trinajstić information content (AvgIpc) is 2.60. The fourth-order valence-electron chi connectivity index (χ4n) is 3.19. The van der Waals surface area contributed by atoms with Gasteiger partial charge in [0.1, 0.15) is 11.6 Å². The van der Waals surface area contributed by atoms with Crippen LogP contribution in [0.25, 0.3) is 11.4 Å². The molecule has 5 heteroatoms. The molecule has 0 bridgehead atoms. The Morgan fingerprint density at radius 1 is 1.20 bits per heavy atom. The van der Waals surface area contributed by atoms with Crippen LogP contribution in [0.2, 0.25) is 0 Å². The quantitative estimate of drug-likeness (QED) is 0.770. The van der Waals surface area contributed by atoms with Gasteiger partial charge in [0.2, 0.25) is 0 Å². The zero-order valence-corrected chi connectivity index (χ0v) is 14.3.